The maximum Gasteiger partial charge on any atom is 0.237 e. The monoisotopic (exact) mass is 704 g/mol. The minimum atomic E-state index is -1.62. The Hall–Kier alpha value is -4.23. The molecule has 1 N–H and O–H groups in total. The predicted molar refractivity (Wildman–Crippen MR) is 177 cm³/mol. The predicted octanol–water partition coefficient (Wildman–Crippen LogP) is 9.20. The highest BCUT2D eigenvalue weighted by molar-refractivity contribution is 7.32. The van der Waals surface area contributed by atoms with Crippen LogP contribution in [0.1, 0.15) is 79.3 Å². The standard InChI is InChI=1S/C36H20F4O5S3/c37-14-6-18-20(28(41)30(43)26(18)23(39)8-14)10-16-12-22-33(46-16)35-32(45-36(22)4-2-1-3-5-36)34-25(48-35)13-17(47-34)11-21-19-7-15(38)9-24(40)27(19)31(44)29(21)42/h6-13,29,42H,1-5H2/b20-10-,21-11-. The topological polar surface area (TPSA) is 80.7 Å². The van der Waals surface area contributed by atoms with Gasteiger partial charge in [0.05, 0.1) is 30.3 Å². The van der Waals surface area contributed by atoms with Crippen molar-refractivity contribution >= 4 is 84.1 Å². The molecule has 3 aliphatic carbocycles. The molecule has 1 spiro atoms. The number of aliphatic hydroxyl groups is 1. The minimum absolute atomic E-state index is 0.0293. The first kappa shape index (κ1) is 29.9. The molecule has 240 valence electrons. The van der Waals surface area contributed by atoms with Crippen molar-refractivity contribution in [3.05, 3.63) is 97.2 Å². The third-order valence-electron chi connectivity index (χ3n) is 9.51. The number of ketones is 3. The van der Waals surface area contributed by atoms with Crippen molar-refractivity contribution in [2.24, 2.45) is 0 Å². The minimum Gasteiger partial charge on any atom is -0.479 e. The maximum atomic E-state index is 14.5. The second-order valence-electron chi connectivity index (χ2n) is 12.4. The van der Waals surface area contributed by atoms with Crippen LogP contribution < -0.4 is 4.74 Å². The van der Waals surface area contributed by atoms with E-state index in [1.54, 1.807) is 6.08 Å². The summed E-state index contributed by atoms with van der Waals surface area (Å²) in [7, 11) is 0. The second kappa shape index (κ2) is 10.4. The van der Waals surface area contributed by atoms with Gasteiger partial charge in [-0.05, 0) is 73.2 Å². The van der Waals surface area contributed by atoms with E-state index in [1.165, 1.54) is 40.1 Å². The van der Waals surface area contributed by atoms with Gasteiger partial charge in [-0.15, -0.1) is 34.0 Å². The lowest BCUT2D eigenvalue weighted by Gasteiger charge is -2.40. The van der Waals surface area contributed by atoms with Gasteiger partial charge in [-0.1, -0.05) is 6.42 Å². The van der Waals surface area contributed by atoms with Crippen LogP contribution in [0.15, 0.2) is 36.4 Å². The summed E-state index contributed by atoms with van der Waals surface area (Å²) in [5, 5.41) is 10.7. The maximum absolute atomic E-state index is 14.5. The Morgan fingerprint density at radius 2 is 1.44 bits per heavy atom. The molecule has 3 aromatic heterocycles. The molecule has 1 unspecified atom stereocenters. The highest BCUT2D eigenvalue weighted by Crippen LogP contribution is 2.60. The number of aliphatic hydroxyl groups excluding tert-OH is 1. The average Bonchev–Trinajstić information content (AvgIpc) is 3.82. The fraction of sp³-hybridized carbons (Fsp3) is 0.194. The summed E-state index contributed by atoms with van der Waals surface area (Å²) in [6.45, 7) is 0. The zero-order valence-electron chi connectivity index (χ0n) is 24.5. The Labute approximate surface area is 281 Å². The number of thiophene rings is 3. The van der Waals surface area contributed by atoms with E-state index in [1.807, 2.05) is 12.1 Å². The fourth-order valence-electron chi connectivity index (χ4n) is 7.38. The smallest absolute Gasteiger partial charge is 0.237 e. The molecule has 4 aliphatic rings. The van der Waals surface area contributed by atoms with Crippen LogP contribution in [-0.2, 0) is 10.4 Å². The molecule has 1 atom stereocenters. The molecular weight excluding hydrogens is 685 g/mol. The molecular formula is C36H20F4O5S3. The van der Waals surface area contributed by atoms with E-state index in [0.29, 0.717) is 27.6 Å². The Morgan fingerprint density at radius 3 is 2.19 bits per heavy atom. The molecule has 48 heavy (non-hydrogen) atoms. The summed E-state index contributed by atoms with van der Waals surface area (Å²) < 4.78 is 65.9. The lowest BCUT2D eigenvalue weighted by molar-refractivity contribution is -0.109. The molecule has 0 saturated heterocycles. The van der Waals surface area contributed by atoms with Gasteiger partial charge in [-0.25, -0.2) is 17.6 Å². The molecule has 4 heterocycles. The molecule has 0 amide bonds. The van der Waals surface area contributed by atoms with Gasteiger partial charge in [0.25, 0.3) is 0 Å². The summed E-state index contributed by atoms with van der Waals surface area (Å²) in [5.41, 5.74) is -0.366. The Bertz CT molecular complexity index is 2390. The highest BCUT2D eigenvalue weighted by Gasteiger charge is 2.45. The summed E-state index contributed by atoms with van der Waals surface area (Å²) in [6, 6.07) is 7.12. The number of hydrogen-bond acceptors (Lipinski definition) is 8. The Balaban J connectivity index is 1.17. The third-order valence-corrected chi connectivity index (χ3v) is 13.1. The number of ether oxygens (including phenoxy) is 1. The van der Waals surface area contributed by atoms with Crippen LogP contribution in [0.3, 0.4) is 0 Å². The van der Waals surface area contributed by atoms with Crippen molar-refractivity contribution in [2.45, 2.75) is 43.8 Å². The quantitative estimate of drug-likeness (QED) is 0.113. The Kier molecular flexibility index (Phi) is 6.46. The van der Waals surface area contributed by atoms with E-state index in [-0.39, 0.29) is 27.8 Å². The van der Waals surface area contributed by atoms with Crippen molar-refractivity contribution in [3.8, 4) is 15.5 Å². The van der Waals surface area contributed by atoms with Gasteiger partial charge in [0.15, 0.2) is 11.5 Å². The van der Waals surface area contributed by atoms with E-state index in [4.69, 9.17) is 4.74 Å². The molecule has 5 aromatic rings. The van der Waals surface area contributed by atoms with Crippen molar-refractivity contribution in [2.75, 3.05) is 0 Å². The van der Waals surface area contributed by atoms with Crippen LogP contribution in [0, 0.1) is 23.3 Å². The third kappa shape index (κ3) is 4.19. The summed E-state index contributed by atoms with van der Waals surface area (Å²) >= 11 is 4.28. The van der Waals surface area contributed by atoms with E-state index < -0.39 is 57.9 Å². The normalized spacial score (nSPS) is 20.9. The van der Waals surface area contributed by atoms with Gasteiger partial charge in [-0.3, -0.25) is 14.4 Å². The second-order valence-corrected chi connectivity index (χ2v) is 15.6. The van der Waals surface area contributed by atoms with E-state index in [2.05, 4.69) is 0 Å². The number of rotatable bonds is 2. The van der Waals surface area contributed by atoms with Crippen LogP contribution in [0.2, 0.25) is 0 Å². The van der Waals surface area contributed by atoms with Crippen LogP contribution in [-0.4, -0.2) is 28.6 Å². The lowest BCUT2D eigenvalue weighted by Crippen LogP contribution is -2.37. The number of Topliss-reactive ketones (excluding diaryl/α,β-unsaturated/α-hetero) is 3. The largest absolute Gasteiger partial charge is 0.479 e. The molecule has 1 aliphatic heterocycles. The van der Waals surface area contributed by atoms with Crippen molar-refractivity contribution in [3.63, 3.8) is 0 Å². The summed E-state index contributed by atoms with van der Waals surface area (Å²) in [4.78, 5) is 41.4. The van der Waals surface area contributed by atoms with Crippen LogP contribution in [0.4, 0.5) is 17.6 Å². The number of benzene rings is 2. The van der Waals surface area contributed by atoms with Crippen LogP contribution in [0.25, 0.3) is 42.5 Å². The van der Waals surface area contributed by atoms with Crippen molar-refractivity contribution in [1.82, 2.24) is 0 Å². The molecule has 2 aromatic carbocycles. The number of halogens is 4. The fourth-order valence-corrected chi connectivity index (χ4v) is 11.2. The van der Waals surface area contributed by atoms with E-state index in [9.17, 15) is 37.1 Å². The number of fused-ring (bicyclic) bond motifs is 8. The van der Waals surface area contributed by atoms with Gasteiger partial charge < -0.3 is 9.84 Å². The number of allylic oxidation sites excluding steroid dienone is 1. The highest BCUT2D eigenvalue weighted by atomic mass is 32.1. The zero-order valence-corrected chi connectivity index (χ0v) is 27.0. The van der Waals surface area contributed by atoms with Crippen molar-refractivity contribution in [1.29, 1.82) is 0 Å². The molecule has 0 bridgehead atoms. The van der Waals surface area contributed by atoms with Crippen molar-refractivity contribution < 1.29 is 41.8 Å². The van der Waals surface area contributed by atoms with Crippen LogP contribution >= 0.6 is 34.0 Å². The number of carbonyl (C=O) groups is 3. The molecule has 1 fully saturated rings. The van der Waals surface area contributed by atoms with Gasteiger partial charge in [0.1, 0.15) is 35.0 Å². The summed E-state index contributed by atoms with van der Waals surface area (Å²) in [6.07, 6.45) is 5.94. The van der Waals surface area contributed by atoms with Gasteiger partial charge >= 0.3 is 0 Å². The van der Waals surface area contributed by atoms with E-state index >= 15 is 0 Å². The molecule has 5 nitrogen and oxygen atoms in total. The number of hydrogen-bond donors (Lipinski definition) is 1. The van der Waals surface area contributed by atoms with Gasteiger partial charge in [0, 0.05) is 38.6 Å². The zero-order chi connectivity index (χ0) is 33.2. The first-order valence-electron chi connectivity index (χ1n) is 15.2. The lowest BCUT2D eigenvalue weighted by atomic mass is 9.78. The molecule has 1 saturated carbocycles. The first-order valence-corrected chi connectivity index (χ1v) is 17.6. The SMILES string of the molecule is O=C1C(=O)c2c(F)cc(F)cc2/C1=C/c1cc2c(s1)-c1sc3cc(/C=C4/c5cc(F)cc(F)c5C(=O)C4O)sc3c1OC21CCCCC1. The number of carbonyl (C=O) groups excluding carboxylic acids is 3. The van der Waals surface area contributed by atoms with Crippen LogP contribution in [0.5, 0.6) is 5.75 Å². The summed E-state index contributed by atoms with van der Waals surface area (Å²) in [5.74, 6) is -5.81. The molecule has 9 rings (SSSR count). The average molecular weight is 705 g/mol. The van der Waals surface area contributed by atoms with Gasteiger partial charge in [-0.2, -0.15) is 0 Å². The van der Waals surface area contributed by atoms with Gasteiger partial charge in [0.2, 0.25) is 11.6 Å². The Morgan fingerprint density at radius 1 is 0.750 bits per heavy atom. The molecule has 0 radical (unpaired) electrons. The van der Waals surface area contributed by atoms with E-state index in [0.717, 1.165) is 69.0 Å². The first-order chi connectivity index (χ1) is 23.0. The molecule has 12 heteroatoms.